The second kappa shape index (κ2) is 5.67. The summed E-state index contributed by atoms with van der Waals surface area (Å²) in [5, 5.41) is 15.1. The number of nitrogens with one attached hydrogen (secondary N) is 3. The lowest BCUT2D eigenvalue weighted by Crippen LogP contribution is -2.63. The van der Waals surface area contributed by atoms with Crippen molar-refractivity contribution in [2.24, 2.45) is 5.40 Å². The average molecular weight is 176 g/mol. The average Bonchev–Trinajstić information content (AvgIpc) is 2.08. The van der Waals surface area contributed by atoms with E-state index < -0.39 is 0 Å². The second-order valence-electron chi connectivity index (χ2n) is 2.55. The first-order chi connectivity index (χ1) is 5.24. The first-order valence-corrected chi connectivity index (χ1v) is 5.83. The van der Waals surface area contributed by atoms with Crippen LogP contribution < -0.4 is 21.3 Å². The highest BCUT2D eigenvalue weighted by atomic mass is 28.2. The summed E-state index contributed by atoms with van der Waals surface area (Å²) in [5.41, 5.74) is 0. The molecular formula is C6H20N4Si. The van der Waals surface area contributed by atoms with Gasteiger partial charge in [0, 0.05) is 0 Å². The van der Waals surface area contributed by atoms with Crippen LogP contribution >= 0.6 is 0 Å². The minimum atomic E-state index is -0.314. The summed E-state index contributed by atoms with van der Waals surface area (Å²) in [6, 6.07) is 1.14. The van der Waals surface area contributed by atoms with E-state index in [0.717, 1.165) is 12.5 Å². The molecule has 0 aromatic heterocycles. The Morgan fingerprint density at radius 1 is 1.18 bits per heavy atom. The molecule has 5 N–H and O–H groups in total. The van der Waals surface area contributed by atoms with E-state index in [0.29, 0.717) is 0 Å². The van der Waals surface area contributed by atoms with E-state index in [1.807, 2.05) is 21.1 Å². The molecule has 0 aliphatic rings. The molecule has 4 nitrogen and oxygen atoms in total. The Morgan fingerprint density at radius 2 is 1.64 bits per heavy atom. The van der Waals surface area contributed by atoms with Crippen LogP contribution in [0.25, 0.3) is 0 Å². The molecule has 0 spiro atoms. The van der Waals surface area contributed by atoms with Gasteiger partial charge in [-0.1, -0.05) is 0 Å². The molecule has 0 heterocycles. The summed E-state index contributed by atoms with van der Waals surface area (Å²) in [6.07, 6.45) is 1.04. The van der Waals surface area contributed by atoms with Crippen molar-refractivity contribution in [2.75, 3.05) is 21.1 Å². The van der Waals surface area contributed by atoms with Gasteiger partial charge in [-0.2, -0.15) is 0 Å². The molecule has 0 rings (SSSR count). The molecule has 0 saturated heterocycles. The van der Waals surface area contributed by atoms with Crippen LogP contribution in [0, 0.1) is 0 Å². The van der Waals surface area contributed by atoms with Crippen molar-refractivity contribution in [3.63, 3.8) is 0 Å². The van der Waals surface area contributed by atoms with Crippen molar-refractivity contribution in [3.05, 3.63) is 0 Å². The Kier molecular flexibility index (Phi) is 5.70. The third-order valence-electron chi connectivity index (χ3n) is 2.04. The SMILES string of the molecule is CNC(CC[SiH2]N)(NC)NC. The Hall–Kier alpha value is 0.0569. The number of rotatable bonds is 6. The normalized spacial score (nSPS) is 13.1. The van der Waals surface area contributed by atoms with Gasteiger partial charge in [0.15, 0.2) is 0 Å². The van der Waals surface area contributed by atoms with E-state index >= 15 is 0 Å². The molecule has 0 bridgehead atoms. The van der Waals surface area contributed by atoms with Gasteiger partial charge in [-0.05, 0) is 33.6 Å². The monoisotopic (exact) mass is 176 g/mol. The van der Waals surface area contributed by atoms with Gasteiger partial charge in [0.25, 0.3) is 0 Å². The molecule has 5 heteroatoms. The van der Waals surface area contributed by atoms with Crippen molar-refractivity contribution in [1.82, 2.24) is 16.0 Å². The Labute approximate surface area is 71.2 Å². The third-order valence-corrected chi connectivity index (χ3v) is 2.80. The van der Waals surface area contributed by atoms with Crippen molar-refractivity contribution >= 4 is 9.68 Å². The van der Waals surface area contributed by atoms with Crippen LogP contribution in [0.15, 0.2) is 0 Å². The molecule has 0 fully saturated rings. The molecule has 0 unspecified atom stereocenters. The maximum absolute atomic E-state index is 5.56. The quantitative estimate of drug-likeness (QED) is 0.283. The van der Waals surface area contributed by atoms with Gasteiger partial charge in [0.05, 0.1) is 9.68 Å². The lowest BCUT2D eigenvalue weighted by Gasteiger charge is -2.32. The first kappa shape index (κ1) is 11.1. The van der Waals surface area contributed by atoms with Crippen molar-refractivity contribution in [3.8, 4) is 0 Å². The highest BCUT2D eigenvalue weighted by Gasteiger charge is 2.21. The van der Waals surface area contributed by atoms with Gasteiger partial charge in [0.2, 0.25) is 0 Å². The number of nitrogens with two attached hydrogens (primary N) is 1. The smallest absolute Gasteiger partial charge is 0.122 e. The molecule has 68 valence electrons. The minimum Gasteiger partial charge on any atom is -0.356 e. The van der Waals surface area contributed by atoms with E-state index in [1.165, 1.54) is 0 Å². The van der Waals surface area contributed by atoms with E-state index in [2.05, 4.69) is 16.0 Å². The zero-order valence-electron chi connectivity index (χ0n) is 7.70. The molecule has 11 heavy (non-hydrogen) atoms. The summed E-state index contributed by atoms with van der Waals surface area (Å²) in [7, 11) is 5.49. The molecule has 0 aliphatic heterocycles. The number of hydrogen-bond donors (Lipinski definition) is 4. The van der Waals surface area contributed by atoms with Crippen LogP contribution in [0.4, 0.5) is 0 Å². The maximum Gasteiger partial charge on any atom is 0.122 e. The predicted octanol–water partition coefficient (Wildman–Crippen LogP) is -1.85. The van der Waals surface area contributed by atoms with Gasteiger partial charge in [-0.25, -0.2) is 0 Å². The third kappa shape index (κ3) is 3.30. The lowest BCUT2D eigenvalue weighted by molar-refractivity contribution is 0.237. The van der Waals surface area contributed by atoms with Gasteiger partial charge in [-0.3, -0.25) is 16.0 Å². The second-order valence-corrected chi connectivity index (χ2v) is 3.83. The molecule has 0 atom stereocenters. The molecule has 0 aliphatic carbocycles. The van der Waals surface area contributed by atoms with Crippen molar-refractivity contribution < 1.29 is 0 Å². The fourth-order valence-corrected chi connectivity index (χ4v) is 1.85. The van der Waals surface area contributed by atoms with Crippen molar-refractivity contribution in [1.29, 1.82) is 0 Å². The molecule has 0 amide bonds. The zero-order chi connectivity index (χ0) is 8.74. The number of hydrogen-bond acceptors (Lipinski definition) is 4. The Bertz CT molecular complexity index is 86.3. The Morgan fingerprint density at radius 3 is 1.91 bits per heavy atom. The molecule has 0 aromatic rings. The van der Waals surface area contributed by atoms with Crippen LogP contribution in [0.5, 0.6) is 0 Å². The van der Waals surface area contributed by atoms with E-state index in [4.69, 9.17) is 5.40 Å². The largest absolute Gasteiger partial charge is 0.356 e. The molecule has 0 saturated carbocycles. The van der Waals surface area contributed by atoms with Crippen LogP contribution in [0.2, 0.25) is 6.04 Å². The predicted molar refractivity (Wildman–Crippen MR) is 52.1 cm³/mol. The Balaban J connectivity index is 3.84. The van der Waals surface area contributed by atoms with E-state index in [1.54, 1.807) is 0 Å². The van der Waals surface area contributed by atoms with Crippen LogP contribution in [0.1, 0.15) is 6.42 Å². The first-order valence-electron chi connectivity index (χ1n) is 4.01. The summed E-state index contributed by atoms with van der Waals surface area (Å²) >= 11 is 0. The topological polar surface area (TPSA) is 62.1 Å². The highest BCUT2D eigenvalue weighted by Crippen LogP contribution is 2.02. The zero-order valence-corrected chi connectivity index (χ0v) is 9.11. The van der Waals surface area contributed by atoms with Gasteiger partial charge in [-0.15, -0.1) is 0 Å². The lowest BCUT2D eigenvalue weighted by atomic mass is 10.2. The maximum atomic E-state index is 5.56. The minimum absolute atomic E-state index is 0.119. The van der Waals surface area contributed by atoms with Crippen LogP contribution in [-0.2, 0) is 0 Å². The van der Waals surface area contributed by atoms with Crippen LogP contribution in [0.3, 0.4) is 0 Å². The standard InChI is InChI=1S/C6H20N4Si/c1-8-6(9-2,10-3)4-5-11-7/h8-10H,4-5,7,11H2,1-3H3. The van der Waals surface area contributed by atoms with Gasteiger partial charge >= 0.3 is 0 Å². The molecular weight excluding hydrogens is 156 g/mol. The summed E-state index contributed by atoms with van der Waals surface area (Å²) in [4.78, 5) is 0. The van der Waals surface area contributed by atoms with Gasteiger partial charge < -0.3 is 5.40 Å². The van der Waals surface area contributed by atoms with Gasteiger partial charge in [0.1, 0.15) is 5.79 Å². The van der Waals surface area contributed by atoms with Crippen molar-refractivity contribution in [2.45, 2.75) is 18.3 Å². The fraction of sp³-hybridized carbons (Fsp3) is 1.00. The summed E-state index contributed by atoms with van der Waals surface area (Å²) in [6.45, 7) is 0. The van der Waals surface area contributed by atoms with E-state index in [9.17, 15) is 0 Å². The van der Waals surface area contributed by atoms with Crippen LogP contribution in [-0.4, -0.2) is 36.6 Å². The molecule has 0 radical (unpaired) electrons. The summed E-state index contributed by atoms with van der Waals surface area (Å²) < 4.78 is 0. The molecule has 0 aromatic carbocycles. The fourth-order valence-electron chi connectivity index (χ4n) is 1.12. The highest BCUT2D eigenvalue weighted by molar-refractivity contribution is 6.30. The summed E-state index contributed by atoms with van der Waals surface area (Å²) in [5.74, 6) is -0.119. The van der Waals surface area contributed by atoms with E-state index in [-0.39, 0.29) is 15.5 Å².